The minimum atomic E-state index is 0.489. The molecule has 0 saturated carbocycles. The molecule has 0 aromatic carbocycles. The fourth-order valence-corrected chi connectivity index (χ4v) is 1.14. The molecule has 0 unspecified atom stereocenters. The van der Waals surface area contributed by atoms with Crippen molar-refractivity contribution >= 4 is 0 Å². The summed E-state index contributed by atoms with van der Waals surface area (Å²) in [7, 11) is 5.63. The lowest BCUT2D eigenvalue weighted by Gasteiger charge is -2.33. The Labute approximate surface area is 56.8 Å². The lowest BCUT2D eigenvalue weighted by Crippen LogP contribution is -2.32. The van der Waals surface area contributed by atoms with Gasteiger partial charge in [0, 0.05) is 7.11 Å². The van der Waals surface area contributed by atoms with Crippen molar-refractivity contribution < 1.29 is 4.74 Å². The van der Waals surface area contributed by atoms with Gasteiger partial charge in [0.1, 0.15) is 0 Å². The van der Waals surface area contributed by atoms with Crippen LogP contribution in [0, 0.1) is 7.05 Å². The van der Waals surface area contributed by atoms with Gasteiger partial charge in [0.05, 0.1) is 6.10 Å². The highest BCUT2D eigenvalue weighted by molar-refractivity contribution is 4.70. The van der Waals surface area contributed by atoms with E-state index in [1.54, 1.807) is 7.11 Å². The van der Waals surface area contributed by atoms with Crippen molar-refractivity contribution in [1.29, 1.82) is 0 Å². The average molecular weight is 128 g/mol. The van der Waals surface area contributed by atoms with Crippen LogP contribution in [0.25, 0.3) is 0 Å². The minimum absolute atomic E-state index is 0.489. The second-order valence-corrected chi connectivity index (χ2v) is 2.55. The predicted molar refractivity (Wildman–Crippen MR) is 37.0 cm³/mol. The van der Waals surface area contributed by atoms with E-state index in [-0.39, 0.29) is 0 Å². The van der Waals surface area contributed by atoms with Crippen LogP contribution in [0.15, 0.2) is 0 Å². The molecule has 0 N–H and O–H groups in total. The van der Waals surface area contributed by atoms with Crippen molar-refractivity contribution in [3.05, 3.63) is 7.05 Å². The number of ether oxygens (including phenoxy) is 1. The highest BCUT2D eigenvalue weighted by atomic mass is 16.5. The quantitative estimate of drug-likeness (QED) is 0.486. The molecule has 9 heavy (non-hydrogen) atoms. The van der Waals surface area contributed by atoms with Gasteiger partial charge in [0.25, 0.3) is 0 Å². The lowest BCUT2D eigenvalue weighted by atomic mass is 10.1. The number of hydrogen-bond acceptors (Lipinski definition) is 2. The van der Waals surface area contributed by atoms with E-state index in [2.05, 4.69) is 11.9 Å². The van der Waals surface area contributed by atoms with E-state index in [0.717, 1.165) is 25.9 Å². The van der Waals surface area contributed by atoms with Crippen LogP contribution in [0.3, 0.4) is 0 Å². The molecular formula is C7H14NO-. The molecule has 2 nitrogen and oxygen atoms in total. The van der Waals surface area contributed by atoms with Crippen molar-refractivity contribution in [2.75, 3.05) is 20.2 Å². The standard InChI is InChI=1S/C7H14NO/c1-8-5-3-7(9-2)4-6-8/h7H,1,3-6H2,2H3/q-1. The van der Waals surface area contributed by atoms with Gasteiger partial charge in [0.2, 0.25) is 0 Å². The van der Waals surface area contributed by atoms with E-state index in [1.807, 2.05) is 0 Å². The summed E-state index contributed by atoms with van der Waals surface area (Å²) in [5, 5.41) is 0. The molecule has 1 rings (SSSR count). The Morgan fingerprint density at radius 1 is 1.44 bits per heavy atom. The Morgan fingerprint density at radius 3 is 2.44 bits per heavy atom. The van der Waals surface area contributed by atoms with E-state index in [1.165, 1.54) is 0 Å². The van der Waals surface area contributed by atoms with Gasteiger partial charge in [-0.05, 0) is 25.9 Å². The molecule has 54 valence electrons. The van der Waals surface area contributed by atoms with E-state index in [9.17, 15) is 0 Å². The van der Waals surface area contributed by atoms with E-state index in [0.29, 0.717) is 6.10 Å². The Balaban J connectivity index is 2.18. The number of likely N-dealkylation sites (tertiary alicyclic amines) is 1. The molecule has 0 bridgehead atoms. The zero-order chi connectivity index (χ0) is 6.69. The molecule has 1 aliphatic rings. The van der Waals surface area contributed by atoms with Crippen molar-refractivity contribution in [2.45, 2.75) is 18.9 Å². The second-order valence-electron chi connectivity index (χ2n) is 2.55. The maximum Gasteiger partial charge on any atom is 0.0593 e. The molecule has 1 fully saturated rings. The first-order valence-electron chi connectivity index (χ1n) is 3.41. The zero-order valence-corrected chi connectivity index (χ0v) is 5.97. The Bertz CT molecular complexity index is 77.0. The number of rotatable bonds is 1. The van der Waals surface area contributed by atoms with Crippen LogP contribution < -0.4 is 0 Å². The van der Waals surface area contributed by atoms with Crippen LogP contribution >= 0.6 is 0 Å². The molecule has 1 heterocycles. The Hall–Kier alpha value is -0.0800. The van der Waals surface area contributed by atoms with Crippen LogP contribution in [-0.4, -0.2) is 31.2 Å². The lowest BCUT2D eigenvalue weighted by molar-refractivity contribution is 0.0526. The molecule has 1 aliphatic heterocycles. The van der Waals surface area contributed by atoms with Gasteiger partial charge in [-0.25, -0.2) is 0 Å². The van der Waals surface area contributed by atoms with E-state index in [4.69, 9.17) is 4.74 Å². The summed E-state index contributed by atoms with van der Waals surface area (Å²) in [5.74, 6) is 0. The summed E-state index contributed by atoms with van der Waals surface area (Å²) >= 11 is 0. The fraction of sp³-hybridized carbons (Fsp3) is 0.857. The van der Waals surface area contributed by atoms with Crippen molar-refractivity contribution in [2.24, 2.45) is 0 Å². The van der Waals surface area contributed by atoms with Crippen LogP contribution in [0.5, 0.6) is 0 Å². The summed E-state index contributed by atoms with van der Waals surface area (Å²) in [4.78, 5) is 2.09. The summed E-state index contributed by atoms with van der Waals surface area (Å²) in [5.41, 5.74) is 0. The topological polar surface area (TPSA) is 12.5 Å². The molecule has 0 aromatic rings. The van der Waals surface area contributed by atoms with Crippen molar-refractivity contribution in [3.8, 4) is 0 Å². The van der Waals surface area contributed by atoms with E-state index < -0.39 is 0 Å². The van der Waals surface area contributed by atoms with Gasteiger partial charge < -0.3 is 9.64 Å². The first kappa shape index (κ1) is 7.03. The fourth-order valence-electron chi connectivity index (χ4n) is 1.14. The number of nitrogens with zero attached hydrogens (tertiary/aromatic N) is 1. The first-order valence-corrected chi connectivity index (χ1v) is 3.41. The summed E-state index contributed by atoms with van der Waals surface area (Å²) in [6.07, 6.45) is 2.77. The van der Waals surface area contributed by atoms with Gasteiger partial charge in [-0.1, -0.05) is 0 Å². The van der Waals surface area contributed by atoms with Gasteiger partial charge >= 0.3 is 0 Å². The third kappa shape index (κ3) is 1.95. The number of methoxy groups -OCH3 is 1. The highest BCUT2D eigenvalue weighted by Crippen LogP contribution is 2.10. The zero-order valence-electron chi connectivity index (χ0n) is 5.97. The normalized spacial score (nSPS) is 24.7. The Morgan fingerprint density at radius 2 is 2.00 bits per heavy atom. The summed E-state index contributed by atoms with van der Waals surface area (Å²) in [6.45, 7) is 2.16. The molecule has 0 spiro atoms. The SMILES string of the molecule is [CH2-]N1CCC(OC)CC1. The van der Waals surface area contributed by atoms with Crippen LogP contribution in [-0.2, 0) is 4.74 Å². The van der Waals surface area contributed by atoms with Crippen LogP contribution in [0.2, 0.25) is 0 Å². The monoisotopic (exact) mass is 128 g/mol. The second kappa shape index (κ2) is 3.18. The maximum atomic E-state index is 5.18. The minimum Gasteiger partial charge on any atom is -0.459 e. The largest absolute Gasteiger partial charge is 0.459 e. The molecule has 0 amide bonds. The number of piperidine rings is 1. The van der Waals surface area contributed by atoms with Gasteiger partial charge in [0.15, 0.2) is 0 Å². The molecule has 2 heteroatoms. The Kier molecular flexibility index (Phi) is 2.49. The third-order valence-electron chi connectivity index (χ3n) is 1.87. The van der Waals surface area contributed by atoms with Crippen LogP contribution in [0.1, 0.15) is 12.8 Å². The first-order chi connectivity index (χ1) is 4.33. The summed E-state index contributed by atoms with van der Waals surface area (Å²) < 4.78 is 5.18. The smallest absolute Gasteiger partial charge is 0.0593 e. The molecule has 0 aromatic heterocycles. The molecule has 0 radical (unpaired) electrons. The molecule has 0 atom stereocenters. The van der Waals surface area contributed by atoms with Gasteiger partial charge in [-0.15, -0.1) is 0 Å². The highest BCUT2D eigenvalue weighted by Gasteiger charge is 2.11. The maximum absolute atomic E-state index is 5.18. The van der Waals surface area contributed by atoms with Crippen LogP contribution in [0.4, 0.5) is 0 Å². The summed E-state index contributed by atoms with van der Waals surface area (Å²) in [6, 6.07) is 0. The van der Waals surface area contributed by atoms with Crippen molar-refractivity contribution in [1.82, 2.24) is 4.90 Å². The van der Waals surface area contributed by atoms with E-state index >= 15 is 0 Å². The number of hydrogen-bond donors (Lipinski definition) is 0. The average Bonchev–Trinajstić information content (AvgIpc) is 1.90. The molecule has 1 saturated heterocycles. The molecule has 0 aliphatic carbocycles. The van der Waals surface area contributed by atoms with Gasteiger partial charge in [-0.3, -0.25) is 7.05 Å². The molecular weight excluding hydrogens is 114 g/mol. The van der Waals surface area contributed by atoms with Gasteiger partial charge in [-0.2, -0.15) is 0 Å². The predicted octanol–water partition coefficient (Wildman–Crippen LogP) is 0.889. The van der Waals surface area contributed by atoms with Crippen molar-refractivity contribution in [3.63, 3.8) is 0 Å². The third-order valence-corrected chi connectivity index (χ3v) is 1.87.